The van der Waals surface area contributed by atoms with E-state index in [4.69, 9.17) is 15.3 Å². The number of amides is 1. The van der Waals surface area contributed by atoms with E-state index in [0.29, 0.717) is 0 Å². The summed E-state index contributed by atoms with van der Waals surface area (Å²) in [7, 11) is 0. The number of hydrogen-bond donors (Lipinski definition) is 0. The van der Waals surface area contributed by atoms with Gasteiger partial charge in [-0.2, -0.15) is 10.5 Å². The topological polar surface area (TPSA) is 94.2 Å². The molecule has 0 aliphatic carbocycles. The zero-order valence-electron chi connectivity index (χ0n) is 10.9. The van der Waals surface area contributed by atoms with E-state index in [0.717, 1.165) is 4.90 Å². The first kappa shape index (κ1) is 15.9. The lowest BCUT2D eigenvalue weighted by Crippen LogP contribution is -2.32. The summed E-state index contributed by atoms with van der Waals surface area (Å²) in [6.45, 7) is 4.92. The van der Waals surface area contributed by atoms with Gasteiger partial charge in [0.25, 0.3) is 0 Å². The highest BCUT2D eigenvalue weighted by Gasteiger charge is 2.19. The number of rotatable bonds is 5. The zero-order valence-corrected chi connectivity index (χ0v) is 10.9. The molecule has 0 aliphatic rings. The minimum atomic E-state index is -0.584. The number of esters is 1. The summed E-state index contributed by atoms with van der Waals surface area (Å²) in [5, 5.41) is 17.0. The van der Waals surface area contributed by atoms with Crippen LogP contribution in [-0.4, -0.2) is 35.5 Å². The maximum atomic E-state index is 11.6. The second-order valence-electron chi connectivity index (χ2n) is 4.65. The van der Waals surface area contributed by atoms with Gasteiger partial charge in [0.05, 0.1) is 18.6 Å². The predicted octanol–water partition coefficient (Wildman–Crippen LogP) is 0.984. The monoisotopic (exact) mass is 251 g/mol. The third-order valence-electron chi connectivity index (χ3n) is 1.84. The van der Waals surface area contributed by atoms with E-state index in [1.54, 1.807) is 32.9 Å². The van der Waals surface area contributed by atoms with Crippen molar-refractivity contribution in [2.75, 3.05) is 13.1 Å². The van der Waals surface area contributed by atoms with Gasteiger partial charge in [0.15, 0.2) is 0 Å². The van der Waals surface area contributed by atoms with E-state index in [9.17, 15) is 9.59 Å². The smallest absolute Gasteiger partial charge is 0.306 e. The van der Waals surface area contributed by atoms with Crippen LogP contribution >= 0.6 is 0 Å². The van der Waals surface area contributed by atoms with Crippen LogP contribution in [0.2, 0.25) is 0 Å². The average Bonchev–Trinajstić information content (AvgIpc) is 2.23. The minimum absolute atomic E-state index is 0.0521. The lowest BCUT2D eigenvalue weighted by Gasteiger charge is -2.20. The Labute approximate surface area is 107 Å². The molecule has 0 atom stereocenters. The van der Waals surface area contributed by atoms with Crippen LogP contribution in [0.1, 0.15) is 33.6 Å². The Morgan fingerprint density at radius 1 is 1.11 bits per heavy atom. The van der Waals surface area contributed by atoms with E-state index in [1.807, 2.05) is 0 Å². The van der Waals surface area contributed by atoms with Gasteiger partial charge in [-0.1, -0.05) is 0 Å². The first-order chi connectivity index (χ1) is 8.30. The first-order valence-corrected chi connectivity index (χ1v) is 5.53. The van der Waals surface area contributed by atoms with E-state index < -0.39 is 17.5 Å². The summed E-state index contributed by atoms with van der Waals surface area (Å²) in [6, 6.07) is 3.59. The highest BCUT2D eigenvalue weighted by Crippen LogP contribution is 2.09. The molecule has 0 unspecified atom stereocenters. The SMILES string of the molecule is CC(C)(C)OC(=O)CCC(=O)N(CC#N)CC#N. The summed E-state index contributed by atoms with van der Waals surface area (Å²) in [6.07, 6.45) is -0.109. The molecule has 0 radical (unpaired) electrons. The summed E-state index contributed by atoms with van der Waals surface area (Å²) >= 11 is 0. The van der Waals surface area contributed by atoms with Crippen LogP contribution in [0.5, 0.6) is 0 Å². The molecule has 0 aromatic rings. The standard InChI is InChI=1S/C12H17N3O3/c1-12(2,3)18-11(17)5-4-10(16)15(8-6-13)9-7-14/h4-5,8-9H2,1-3H3. The number of nitriles is 2. The van der Waals surface area contributed by atoms with Crippen molar-refractivity contribution in [3.8, 4) is 12.1 Å². The van der Waals surface area contributed by atoms with Crippen LogP contribution in [-0.2, 0) is 14.3 Å². The second kappa shape index (κ2) is 7.29. The predicted molar refractivity (Wildman–Crippen MR) is 62.9 cm³/mol. The molecule has 6 nitrogen and oxygen atoms in total. The van der Waals surface area contributed by atoms with Gasteiger partial charge < -0.3 is 9.64 Å². The largest absolute Gasteiger partial charge is 0.460 e. The van der Waals surface area contributed by atoms with Crippen molar-refractivity contribution < 1.29 is 14.3 Å². The Bertz CT molecular complexity index is 369. The number of ether oxygens (including phenoxy) is 1. The van der Waals surface area contributed by atoms with E-state index in [1.165, 1.54) is 0 Å². The van der Waals surface area contributed by atoms with E-state index in [2.05, 4.69) is 0 Å². The van der Waals surface area contributed by atoms with Crippen LogP contribution in [0.25, 0.3) is 0 Å². The van der Waals surface area contributed by atoms with Crippen LogP contribution in [0.4, 0.5) is 0 Å². The van der Waals surface area contributed by atoms with E-state index >= 15 is 0 Å². The Balaban J connectivity index is 4.20. The quantitative estimate of drug-likeness (QED) is 0.536. The van der Waals surface area contributed by atoms with Gasteiger partial charge in [-0.25, -0.2) is 0 Å². The van der Waals surface area contributed by atoms with Crippen LogP contribution in [0, 0.1) is 22.7 Å². The molecular weight excluding hydrogens is 234 g/mol. The van der Waals surface area contributed by atoms with Crippen molar-refractivity contribution in [3.05, 3.63) is 0 Å². The van der Waals surface area contributed by atoms with Crippen molar-refractivity contribution in [3.63, 3.8) is 0 Å². The molecule has 0 bridgehead atoms. The molecule has 0 aliphatic heterocycles. The number of carbonyl (C=O) groups is 2. The summed E-state index contributed by atoms with van der Waals surface area (Å²) in [5.41, 5.74) is -0.584. The molecule has 18 heavy (non-hydrogen) atoms. The molecule has 0 saturated carbocycles. The Hall–Kier alpha value is -2.08. The van der Waals surface area contributed by atoms with Gasteiger partial charge in [0.1, 0.15) is 18.7 Å². The molecule has 0 N–H and O–H groups in total. The third-order valence-corrected chi connectivity index (χ3v) is 1.84. The maximum Gasteiger partial charge on any atom is 0.306 e. The number of carbonyl (C=O) groups excluding carboxylic acids is 2. The fraction of sp³-hybridized carbons (Fsp3) is 0.667. The van der Waals surface area contributed by atoms with Gasteiger partial charge in [-0.15, -0.1) is 0 Å². The number of nitrogens with zero attached hydrogens (tertiary/aromatic N) is 3. The lowest BCUT2D eigenvalue weighted by atomic mass is 10.2. The third kappa shape index (κ3) is 7.24. The normalized spacial score (nSPS) is 10.1. The molecular formula is C12H17N3O3. The molecule has 0 heterocycles. The maximum absolute atomic E-state index is 11.6. The Kier molecular flexibility index (Phi) is 6.44. The molecule has 98 valence electrons. The van der Waals surface area contributed by atoms with Crippen LogP contribution < -0.4 is 0 Å². The summed E-state index contributed by atoms with van der Waals surface area (Å²) < 4.78 is 5.05. The highest BCUT2D eigenvalue weighted by atomic mass is 16.6. The fourth-order valence-corrected chi connectivity index (χ4v) is 1.16. The van der Waals surface area contributed by atoms with Gasteiger partial charge in [0, 0.05) is 6.42 Å². The minimum Gasteiger partial charge on any atom is -0.460 e. The molecule has 0 fully saturated rings. The van der Waals surface area contributed by atoms with Gasteiger partial charge in [0.2, 0.25) is 5.91 Å². The van der Waals surface area contributed by atoms with Crippen LogP contribution in [0.15, 0.2) is 0 Å². The number of hydrogen-bond acceptors (Lipinski definition) is 5. The summed E-state index contributed by atoms with van der Waals surface area (Å²) in [5.74, 6) is -0.867. The Morgan fingerprint density at radius 2 is 1.61 bits per heavy atom. The second-order valence-corrected chi connectivity index (χ2v) is 4.65. The van der Waals surface area contributed by atoms with Gasteiger partial charge >= 0.3 is 5.97 Å². The van der Waals surface area contributed by atoms with Crippen molar-refractivity contribution in [1.29, 1.82) is 10.5 Å². The molecule has 0 aromatic heterocycles. The van der Waals surface area contributed by atoms with Crippen molar-refractivity contribution in [1.82, 2.24) is 4.90 Å². The molecule has 0 spiro atoms. The summed E-state index contributed by atoms with van der Waals surface area (Å²) in [4.78, 5) is 24.1. The van der Waals surface area contributed by atoms with Crippen molar-refractivity contribution in [2.45, 2.75) is 39.2 Å². The molecule has 0 aromatic carbocycles. The first-order valence-electron chi connectivity index (χ1n) is 5.53. The Morgan fingerprint density at radius 3 is 2.00 bits per heavy atom. The van der Waals surface area contributed by atoms with Crippen LogP contribution in [0.3, 0.4) is 0 Å². The van der Waals surface area contributed by atoms with Crippen molar-refractivity contribution >= 4 is 11.9 Å². The fourth-order valence-electron chi connectivity index (χ4n) is 1.16. The molecule has 0 saturated heterocycles. The molecule has 0 rings (SSSR count). The van der Waals surface area contributed by atoms with Gasteiger partial charge in [-0.3, -0.25) is 9.59 Å². The average molecular weight is 251 g/mol. The molecule has 1 amide bonds. The lowest BCUT2D eigenvalue weighted by molar-refractivity contribution is -0.156. The van der Waals surface area contributed by atoms with E-state index in [-0.39, 0.29) is 25.9 Å². The van der Waals surface area contributed by atoms with Crippen molar-refractivity contribution in [2.24, 2.45) is 0 Å². The highest BCUT2D eigenvalue weighted by molar-refractivity contribution is 5.81. The molecule has 6 heteroatoms. The zero-order chi connectivity index (χ0) is 14.2. The van der Waals surface area contributed by atoms with Gasteiger partial charge in [-0.05, 0) is 20.8 Å².